The number of hydrogen-bond acceptors (Lipinski definition) is 3. The summed E-state index contributed by atoms with van der Waals surface area (Å²) in [5, 5.41) is 0. The first-order valence-corrected chi connectivity index (χ1v) is 10.9. The summed E-state index contributed by atoms with van der Waals surface area (Å²) in [6.07, 6.45) is 2.84. The van der Waals surface area contributed by atoms with E-state index >= 15 is 0 Å². The zero-order chi connectivity index (χ0) is 21.1. The van der Waals surface area contributed by atoms with Crippen LogP contribution in [0.1, 0.15) is 46.8 Å². The van der Waals surface area contributed by atoms with Gasteiger partial charge in [-0.2, -0.15) is 0 Å². The van der Waals surface area contributed by atoms with E-state index in [1.165, 1.54) is 5.56 Å². The molecule has 0 unspecified atom stereocenters. The molecule has 2 aromatic rings. The van der Waals surface area contributed by atoms with E-state index in [4.69, 9.17) is 4.74 Å². The van der Waals surface area contributed by atoms with Gasteiger partial charge in [-0.15, -0.1) is 0 Å². The summed E-state index contributed by atoms with van der Waals surface area (Å²) in [5.74, 6) is 1.40. The number of likely N-dealkylation sites (tertiary alicyclic amines) is 1. The molecule has 2 heterocycles. The lowest BCUT2D eigenvalue weighted by Gasteiger charge is -2.31. The Kier molecular flexibility index (Phi) is 6.07. The van der Waals surface area contributed by atoms with Gasteiger partial charge < -0.3 is 14.5 Å². The van der Waals surface area contributed by atoms with Crippen molar-refractivity contribution in [2.24, 2.45) is 5.92 Å². The van der Waals surface area contributed by atoms with Crippen LogP contribution in [0, 0.1) is 12.8 Å². The third kappa shape index (κ3) is 4.50. The molecule has 2 aliphatic rings. The van der Waals surface area contributed by atoms with Gasteiger partial charge in [0.25, 0.3) is 11.8 Å². The Balaban J connectivity index is 1.42. The van der Waals surface area contributed by atoms with Gasteiger partial charge in [0.15, 0.2) is 6.61 Å². The standard InChI is InChI=1S/C25H30N2O3/c1-18-9-12-26(13-10-18)24(28)17-30-23-8-4-7-22-21(23)11-14-27(25(22)29)16-20-6-3-5-19(2)15-20/h3-8,15,18H,9-14,16-17H2,1-2H3. The SMILES string of the molecule is Cc1cccc(CN2CCc3c(OCC(=O)N4CCC(C)CC4)cccc3C2=O)c1. The fraction of sp³-hybridized carbons (Fsp3) is 0.440. The van der Waals surface area contributed by atoms with E-state index < -0.39 is 0 Å². The largest absolute Gasteiger partial charge is 0.483 e. The molecular weight excluding hydrogens is 376 g/mol. The highest BCUT2D eigenvalue weighted by Crippen LogP contribution is 2.29. The smallest absolute Gasteiger partial charge is 0.260 e. The molecule has 4 rings (SSSR count). The van der Waals surface area contributed by atoms with Gasteiger partial charge >= 0.3 is 0 Å². The van der Waals surface area contributed by atoms with Gasteiger partial charge in [-0.1, -0.05) is 42.8 Å². The normalized spacial score (nSPS) is 17.1. The Bertz CT molecular complexity index is 932. The molecule has 0 aromatic heterocycles. The fourth-order valence-electron chi connectivity index (χ4n) is 4.35. The summed E-state index contributed by atoms with van der Waals surface area (Å²) in [5.41, 5.74) is 3.94. The number of rotatable bonds is 5. The monoisotopic (exact) mass is 406 g/mol. The van der Waals surface area contributed by atoms with E-state index in [1.54, 1.807) is 0 Å². The molecule has 2 aliphatic heterocycles. The van der Waals surface area contributed by atoms with Gasteiger partial charge in [-0.25, -0.2) is 0 Å². The highest BCUT2D eigenvalue weighted by atomic mass is 16.5. The van der Waals surface area contributed by atoms with Crippen molar-refractivity contribution < 1.29 is 14.3 Å². The number of piperidine rings is 1. The van der Waals surface area contributed by atoms with Crippen molar-refractivity contribution in [1.82, 2.24) is 9.80 Å². The molecular formula is C25H30N2O3. The summed E-state index contributed by atoms with van der Waals surface area (Å²) >= 11 is 0. The number of hydrogen-bond donors (Lipinski definition) is 0. The Hall–Kier alpha value is -2.82. The van der Waals surface area contributed by atoms with Crippen LogP contribution in [0.3, 0.4) is 0 Å². The lowest BCUT2D eigenvalue weighted by Crippen LogP contribution is -2.40. The summed E-state index contributed by atoms with van der Waals surface area (Å²) in [7, 11) is 0. The third-order valence-electron chi connectivity index (χ3n) is 6.23. The molecule has 158 valence electrons. The van der Waals surface area contributed by atoms with Gasteiger partial charge in [0.2, 0.25) is 0 Å². The maximum absolute atomic E-state index is 13.1. The molecule has 0 saturated carbocycles. The van der Waals surface area contributed by atoms with E-state index in [0.717, 1.165) is 43.5 Å². The van der Waals surface area contributed by atoms with E-state index in [9.17, 15) is 9.59 Å². The summed E-state index contributed by atoms with van der Waals surface area (Å²) in [4.78, 5) is 29.4. The van der Waals surface area contributed by atoms with Crippen molar-refractivity contribution >= 4 is 11.8 Å². The highest BCUT2D eigenvalue weighted by Gasteiger charge is 2.27. The van der Waals surface area contributed by atoms with Gasteiger partial charge in [-0.05, 0) is 49.8 Å². The van der Waals surface area contributed by atoms with Crippen LogP contribution in [0.15, 0.2) is 42.5 Å². The molecule has 0 bridgehead atoms. The number of carbonyl (C=O) groups excluding carboxylic acids is 2. The Morgan fingerprint density at radius 1 is 1.10 bits per heavy atom. The lowest BCUT2D eigenvalue weighted by molar-refractivity contribution is -0.134. The molecule has 2 amide bonds. The van der Waals surface area contributed by atoms with Crippen molar-refractivity contribution in [3.05, 3.63) is 64.7 Å². The van der Waals surface area contributed by atoms with Crippen LogP contribution in [-0.4, -0.2) is 47.9 Å². The number of nitrogens with zero attached hydrogens (tertiary/aromatic N) is 2. The second-order valence-corrected chi connectivity index (χ2v) is 8.60. The molecule has 0 N–H and O–H groups in total. The van der Waals surface area contributed by atoms with E-state index in [1.807, 2.05) is 34.1 Å². The first-order chi connectivity index (χ1) is 14.5. The average molecular weight is 407 g/mol. The lowest BCUT2D eigenvalue weighted by atomic mass is 9.97. The maximum atomic E-state index is 13.1. The van der Waals surface area contributed by atoms with Crippen LogP contribution in [0.2, 0.25) is 0 Å². The molecule has 2 aromatic carbocycles. The van der Waals surface area contributed by atoms with E-state index in [-0.39, 0.29) is 18.4 Å². The first-order valence-electron chi connectivity index (χ1n) is 10.9. The summed E-state index contributed by atoms with van der Waals surface area (Å²) in [6, 6.07) is 13.8. The van der Waals surface area contributed by atoms with Gasteiger partial charge in [0.05, 0.1) is 0 Å². The van der Waals surface area contributed by atoms with Crippen molar-refractivity contribution in [2.75, 3.05) is 26.2 Å². The van der Waals surface area contributed by atoms with Crippen molar-refractivity contribution in [2.45, 2.75) is 39.7 Å². The van der Waals surface area contributed by atoms with Crippen molar-refractivity contribution in [3.8, 4) is 5.75 Å². The van der Waals surface area contributed by atoms with Crippen molar-refractivity contribution in [1.29, 1.82) is 0 Å². The van der Waals surface area contributed by atoms with Gasteiger partial charge in [0.1, 0.15) is 5.75 Å². The molecule has 0 radical (unpaired) electrons. The van der Waals surface area contributed by atoms with Crippen LogP contribution >= 0.6 is 0 Å². The number of ether oxygens (including phenoxy) is 1. The van der Waals surface area contributed by atoms with Gasteiger partial charge in [-0.3, -0.25) is 9.59 Å². The zero-order valence-electron chi connectivity index (χ0n) is 17.9. The third-order valence-corrected chi connectivity index (χ3v) is 6.23. The predicted octanol–water partition coefficient (Wildman–Crippen LogP) is 3.83. The number of aryl methyl sites for hydroxylation is 1. The van der Waals surface area contributed by atoms with Gasteiger partial charge in [0, 0.05) is 37.3 Å². The minimum atomic E-state index is 0.0274. The van der Waals surface area contributed by atoms with Crippen LogP contribution in [0.25, 0.3) is 0 Å². The molecule has 0 atom stereocenters. The van der Waals surface area contributed by atoms with E-state index in [2.05, 4.69) is 32.0 Å². The average Bonchev–Trinajstić information content (AvgIpc) is 2.74. The number of carbonyl (C=O) groups is 2. The molecule has 1 saturated heterocycles. The summed E-state index contributed by atoms with van der Waals surface area (Å²) < 4.78 is 5.90. The number of benzene rings is 2. The Morgan fingerprint density at radius 3 is 2.63 bits per heavy atom. The highest BCUT2D eigenvalue weighted by molar-refractivity contribution is 5.97. The van der Waals surface area contributed by atoms with Crippen LogP contribution < -0.4 is 4.74 Å². The molecule has 5 heteroatoms. The minimum absolute atomic E-state index is 0.0274. The first kappa shape index (κ1) is 20.5. The second-order valence-electron chi connectivity index (χ2n) is 8.60. The van der Waals surface area contributed by atoms with E-state index in [0.29, 0.717) is 30.3 Å². The maximum Gasteiger partial charge on any atom is 0.260 e. The van der Waals surface area contributed by atoms with Crippen LogP contribution in [0.5, 0.6) is 5.75 Å². The van der Waals surface area contributed by atoms with Crippen molar-refractivity contribution in [3.63, 3.8) is 0 Å². The molecule has 0 aliphatic carbocycles. The van der Waals surface area contributed by atoms with Crippen LogP contribution in [-0.2, 0) is 17.8 Å². The number of fused-ring (bicyclic) bond motifs is 1. The summed E-state index contributed by atoms with van der Waals surface area (Å²) in [6.45, 7) is 7.20. The Labute approximate surface area is 178 Å². The minimum Gasteiger partial charge on any atom is -0.483 e. The molecule has 30 heavy (non-hydrogen) atoms. The predicted molar refractivity (Wildman–Crippen MR) is 117 cm³/mol. The van der Waals surface area contributed by atoms with Crippen LogP contribution in [0.4, 0.5) is 0 Å². The zero-order valence-corrected chi connectivity index (χ0v) is 17.9. The molecule has 5 nitrogen and oxygen atoms in total. The quantitative estimate of drug-likeness (QED) is 0.758. The Morgan fingerprint density at radius 2 is 1.87 bits per heavy atom. The fourth-order valence-corrected chi connectivity index (χ4v) is 4.35. The number of amides is 2. The molecule has 0 spiro atoms. The topological polar surface area (TPSA) is 49.9 Å². The molecule has 1 fully saturated rings. The second kappa shape index (κ2) is 8.90.